The van der Waals surface area contributed by atoms with Crippen LogP contribution in [0.5, 0.6) is 0 Å². The Hall–Kier alpha value is -1.82. The Bertz CT molecular complexity index is 601. The summed E-state index contributed by atoms with van der Waals surface area (Å²) in [6.45, 7) is 4.99. The number of nitrogens with zero attached hydrogens (tertiary/aromatic N) is 1. The van der Waals surface area contributed by atoms with Crippen LogP contribution in [-0.4, -0.2) is 37.1 Å². The van der Waals surface area contributed by atoms with Gasteiger partial charge >= 0.3 is 5.97 Å². The van der Waals surface area contributed by atoms with E-state index in [1.54, 1.807) is 13.0 Å². The van der Waals surface area contributed by atoms with E-state index in [9.17, 15) is 4.79 Å². The number of ether oxygens (including phenoxy) is 1. The fraction of sp³-hybridized carbons (Fsp3) is 0.389. The molecule has 0 spiro atoms. The van der Waals surface area contributed by atoms with Crippen LogP contribution >= 0.6 is 12.4 Å². The van der Waals surface area contributed by atoms with Crippen molar-refractivity contribution in [1.29, 1.82) is 0 Å². The monoisotopic (exact) mass is 352 g/mol. The molecule has 24 heavy (non-hydrogen) atoms. The SMILES string of the molecule is CCOC(=O)c1ccc(CN(CCN)CCc2ccccc2)o1.Cl. The summed E-state index contributed by atoms with van der Waals surface area (Å²) in [5.74, 6) is 0.570. The highest BCUT2D eigenvalue weighted by Crippen LogP contribution is 2.12. The summed E-state index contributed by atoms with van der Waals surface area (Å²) in [4.78, 5) is 13.9. The molecule has 0 unspecified atom stereocenters. The Labute approximate surface area is 149 Å². The first kappa shape index (κ1) is 20.2. The van der Waals surface area contributed by atoms with Crippen LogP contribution in [0.25, 0.3) is 0 Å². The number of esters is 1. The van der Waals surface area contributed by atoms with E-state index in [-0.39, 0.29) is 18.2 Å². The molecule has 0 saturated heterocycles. The molecule has 2 aromatic rings. The van der Waals surface area contributed by atoms with Gasteiger partial charge in [-0.25, -0.2) is 4.79 Å². The molecule has 1 heterocycles. The lowest BCUT2D eigenvalue weighted by molar-refractivity contribution is 0.0486. The van der Waals surface area contributed by atoms with Crippen LogP contribution in [0.1, 0.15) is 28.8 Å². The molecule has 0 bridgehead atoms. The number of rotatable bonds is 9. The molecule has 2 rings (SSSR count). The van der Waals surface area contributed by atoms with E-state index in [0.717, 1.165) is 25.3 Å². The lowest BCUT2D eigenvalue weighted by Crippen LogP contribution is -2.30. The molecule has 0 saturated carbocycles. The van der Waals surface area contributed by atoms with Gasteiger partial charge in [0.05, 0.1) is 13.2 Å². The first-order valence-corrected chi connectivity index (χ1v) is 7.95. The lowest BCUT2D eigenvalue weighted by Gasteiger charge is -2.20. The largest absolute Gasteiger partial charge is 0.460 e. The summed E-state index contributed by atoms with van der Waals surface area (Å²) in [6.07, 6.45) is 0.951. The predicted molar refractivity (Wildman–Crippen MR) is 96.4 cm³/mol. The number of hydrogen-bond acceptors (Lipinski definition) is 5. The van der Waals surface area contributed by atoms with E-state index in [4.69, 9.17) is 14.9 Å². The summed E-state index contributed by atoms with van der Waals surface area (Å²) in [6, 6.07) is 13.8. The average molecular weight is 353 g/mol. The number of benzene rings is 1. The number of nitrogens with two attached hydrogens (primary N) is 1. The van der Waals surface area contributed by atoms with Gasteiger partial charge in [0.1, 0.15) is 5.76 Å². The van der Waals surface area contributed by atoms with Gasteiger partial charge in [-0.05, 0) is 31.0 Å². The highest BCUT2D eigenvalue weighted by Gasteiger charge is 2.14. The zero-order chi connectivity index (χ0) is 16.5. The Balaban J connectivity index is 0.00000288. The van der Waals surface area contributed by atoms with Gasteiger partial charge < -0.3 is 14.9 Å². The molecular formula is C18H25ClN2O3. The van der Waals surface area contributed by atoms with Crippen molar-refractivity contribution in [2.45, 2.75) is 19.9 Å². The number of furan rings is 1. The van der Waals surface area contributed by atoms with Crippen molar-refractivity contribution >= 4 is 18.4 Å². The molecule has 0 amide bonds. The van der Waals surface area contributed by atoms with Gasteiger partial charge in [0.25, 0.3) is 0 Å². The zero-order valence-corrected chi connectivity index (χ0v) is 14.8. The zero-order valence-electron chi connectivity index (χ0n) is 13.9. The maximum Gasteiger partial charge on any atom is 0.374 e. The predicted octanol–water partition coefficient (Wildman–Crippen LogP) is 2.88. The summed E-state index contributed by atoms with van der Waals surface area (Å²) in [5.41, 5.74) is 6.99. The molecule has 1 aromatic carbocycles. The van der Waals surface area contributed by atoms with E-state index in [2.05, 4.69) is 17.0 Å². The summed E-state index contributed by atoms with van der Waals surface area (Å²) in [5, 5.41) is 0. The Morgan fingerprint density at radius 2 is 1.92 bits per heavy atom. The minimum Gasteiger partial charge on any atom is -0.460 e. The Morgan fingerprint density at radius 1 is 1.17 bits per heavy atom. The van der Waals surface area contributed by atoms with E-state index >= 15 is 0 Å². The second-order valence-corrected chi connectivity index (χ2v) is 5.29. The number of carbonyl (C=O) groups excluding carboxylic acids is 1. The van der Waals surface area contributed by atoms with E-state index in [1.165, 1.54) is 5.56 Å². The molecule has 132 valence electrons. The summed E-state index contributed by atoms with van der Waals surface area (Å²) >= 11 is 0. The van der Waals surface area contributed by atoms with Crippen molar-refractivity contribution in [3.05, 3.63) is 59.5 Å². The van der Waals surface area contributed by atoms with Crippen molar-refractivity contribution in [2.24, 2.45) is 5.73 Å². The molecule has 1 aromatic heterocycles. The molecule has 0 aliphatic rings. The van der Waals surface area contributed by atoms with Crippen LogP contribution in [0, 0.1) is 0 Å². The maximum atomic E-state index is 11.6. The molecule has 0 radical (unpaired) electrons. The first-order chi connectivity index (χ1) is 11.2. The number of halogens is 1. The third-order valence-electron chi connectivity index (χ3n) is 3.52. The first-order valence-electron chi connectivity index (χ1n) is 7.95. The minimum absolute atomic E-state index is 0. The molecule has 2 N–H and O–H groups in total. The van der Waals surface area contributed by atoms with Crippen molar-refractivity contribution in [1.82, 2.24) is 4.90 Å². The topological polar surface area (TPSA) is 68.7 Å². The molecule has 5 nitrogen and oxygen atoms in total. The fourth-order valence-corrected chi connectivity index (χ4v) is 2.38. The molecule has 0 atom stereocenters. The molecular weight excluding hydrogens is 328 g/mol. The van der Waals surface area contributed by atoms with E-state index in [0.29, 0.717) is 19.7 Å². The quantitative estimate of drug-likeness (QED) is 0.703. The van der Waals surface area contributed by atoms with Crippen LogP contribution in [0.4, 0.5) is 0 Å². The summed E-state index contributed by atoms with van der Waals surface area (Å²) in [7, 11) is 0. The van der Waals surface area contributed by atoms with Gasteiger partial charge in [0.2, 0.25) is 5.76 Å². The van der Waals surface area contributed by atoms with Gasteiger partial charge in [-0.1, -0.05) is 30.3 Å². The molecule has 6 heteroatoms. The lowest BCUT2D eigenvalue weighted by atomic mass is 10.1. The average Bonchev–Trinajstić information content (AvgIpc) is 3.03. The van der Waals surface area contributed by atoms with E-state index < -0.39 is 5.97 Å². The number of carbonyl (C=O) groups is 1. The van der Waals surface area contributed by atoms with Gasteiger partial charge in [-0.3, -0.25) is 4.90 Å². The molecule has 0 fully saturated rings. The van der Waals surface area contributed by atoms with Gasteiger partial charge in [0.15, 0.2) is 0 Å². The third kappa shape index (κ3) is 6.35. The third-order valence-corrected chi connectivity index (χ3v) is 3.52. The van der Waals surface area contributed by atoms with Crippen LogP contribution in [0.15, 0.2) is 46.9 Å². The van der Waals surface area contributed by atoms with Crippen LogP contribution in [0.2, 0.25) is 0 Å². The van der Waals surface area contributed by atoms with Crippen LogP contribution in [0.3, 0.4) is 0 Å². The van der Waals surface area contributed by atoms with Crippen molar-refractivity contribution in [2.75, 3.05) is 26.2 Å². The van der Waals surface area contributed by atoms with Crippen LogP contribution < -0.4 is 5.73 Å². The second kappa shape index (κ2) is 10.9. The number of hydrogen-bond donors (Lipinski definition) is 1. The summed E-state index contributed by atoms with van der Waals surface area (Å²) < 4.78 is 10.5. The van der Waals surface area contributed by atoms with E-state index in [1.807, 2.05) is 24.3 Å². The normalized spacial score (nSPS) is 10.5. The highest BCUT2D eigenvalue weighted by atomic mass is 35.5. The van der Waals surface area contributed by atoms with Gasteiger partial charge in [-0.2, -0.15) is 0 Å². The van der Waals surface area contributed by atoms with Crippen LogP contribution in [-0.2, 0) is 17.7 Å². The molecule has 0 aliphatic carbocycles. The maximum absolute atomic E-state index is 11.6. The molecule has 0 aliphatic heterocycles. The minimum atomic E-state index is -0.423. The van der Waals surface area contributed by atoms with Gasteiger partial charge in [0, 0.05) is 19.6 Å². The highest BCUT2D eigenvalue weighted by molar-refractivity contribution is 5.86. The smallest absolute Gasteiger partial charge is 0.374 e. The van der Waals surface area contributed by atoms with Gasteiger partial charge in [-0.15, -0.1) is 12.4 Å². The fourth-order valence-electron chi connectivity index (χ4n) is 2.38. The Kier molecular flexibility index (Phi) is 9.15. The standard InChI is InChI=1S/C18H24N2O3.ClH/c1-2-22-18(21)17-9-8-16(23-17)14-20(13-11-19)12-10-15-6-4-3-5-7-15;/h3-9H,2,10-14,19H2,1H3;1H. The van der Waals surface area contributed by atoms with Crippen molar-refractivity contribution < 1.29 is 13.9 Å². The second-order valence-electron chi connectivity index (χ2n) is 5.29. The van der Waals surface area contributed by atoms with Crippen molar-refractivity contribution in [3.63, 3.8) is 0 Å². The Morgan fingerprint density at radius 3 is 2.58 bits per heavy atom. The van der Waals surface area contributed by atoms with Crippen molar-refractivity contribution in [3.8, 4) is 0 Å².